The summed E-state index contributed by atoms with van der Waals surface area (Å²) in [7, 11) is 0. The van der Waals surface area contributed by atoms with Crippen LogP contribution in [0.25, 0.3) is 22.2 Å². The zero-order chi connectivity index (χ0) is 18.5. The molecule has 6 heteroatoms. The van der Waals surface area contributed by atoms with Crippen LogP contribution >= 0.6 is 11.8 Å². The Bertz CT molecular complexity index is 927. The van der Waals surface area contributed by atoms with Gasteiger partial charge in [-0.05, 0) is 12.5 Å². The summed E-state index contributed by atoms with van der Waals surface area (Å²) in [4.78, 5) is 21.5. The Morgan fingerprint density at radius 2 is 1.93 bits per heavy atom. The lowest BCUT2D eigenvalue weighted by molar-refractivity contribution is -0.118. The molecule has 0 aliphatic carbocycles. The number of amides is 1. The smallest absolute Gasteiger partial charge is 0.230 e. The van der Waals surface area contributed by atoms with E-state index < -0.39 is 0 Å². The van der Waals surface area contributed by atoms with Crippen molar-refractivity contribution in [3.05, 3.63) is 54.6 Å². The van der Waals surface area contributed by atoms with Gasteiger partial charge in [0.05, 0.1) is 23.6 Å². The molecule has 0 radical (unpaired) electrons. The summed E-state index contributed by atoms with van der Waals surface area (Å²) in [5.41, 5.74) is 2.83. The molecule has 2 aromatic carbocycles. The standard InChI is InChI=1S/C21H21N3O2S/c25-19(22-12-15-10-11-26-13-15)14-27-21-23-18-9-5-4-8-17(18)20(24-21)16-6-2-1-3-7-16/h1-9,15H,10-14H2,(H,22,25). The molecule has 1 saturated heterocycles. The van der Waals surface area contributed by atoms with Gasteiger partial charge in [-0.2, -0.15) is 0 Å². The summed E-state index contributed by atoms with van der Waals surface area (Å²) in [5.74, 6) is 0.741. The fourth-order valence-corrected chi connectivity index (χ4v) is 3.80. The van der Waals surface area contributed by atoms with Crippen LogP contribution in [0.15, 0.2) is 59.8 Å². The molecular weight excluding hydrogens is 358 g/mol. The third-order valence-corrected chi connectivity index (χ3v) is 5.42. The van der Waals surface area contributed by atoms with Crippen molar-refractivity contribution in [2.45, 2.75) is 11.6 Å². The highest BCUT2D eigenvalue weighted by Crippen LogP contribution is 2.28. The number of hydrogen-bond donors (Lipinski definition) is 1. The number of carbonyl (C=O) groups excluding carboxylic acids is 1. The second-order valence-corrected chi connectivity index (χ2v) is 7.50. The lowest BCUT2D eigenvalue weighted by atomic mass is 10.1. The normalized spacial score (nSPS) is 16.5. The molecule has 1 unspecified atom stereocenters. The van der Waals surface area contributed by atoms with Crippen molar-refractivity contribution in [3.8, 4) is 11.3 Å². The first-order valence-electron chi connectivity index (χ1n) is 9.09. The molecule has 3 aromatic rings. The molecule has 2 heterocycles. The maximum Gasteiger partial charge on any atom is 0.230 e. The monoisotopic (exact) mass is 379 g/mol. The lowest BCUT2D eigenvalue weighted by Gasteiger charge is -2.10. The zero-order valence-electron chi connectivity index (χ0n) is 14.9. The molecule has 1 N–H and O–H groups in total. The topological polar surface area (TPSA) is 64.1 Å². The third-order valence-electron chi connectivity index (χ3n) is 4.57. The molecule has 1 aliphatic heterocycles. The molecule has 5 nitrogen and oxygen atoms in total. The van der Waals surface area contributed by atoms with Crippen LogP contribution in [-0.2, 0) is 9.53 Å². The SMILES string of the molecule is O=C(CSc1nc(-c2ccccc2)c2ccccc2n1)NCC1CCOC1. The molecule has 27 heavy (non-hydrogen) atoms. The van der Waals surface area contributed by atoms with Gasteiger partial charge in [-0.25, -0.2) is 9.97 Å². The highest BCUT2D eigenvalue weighted by molar-refractivity contribution is 7.99. The maximum atomic E-state index is 12.2. The second-order valence-electron chi connectivity index (χ2n) is 6.56. The van der Waals surface area contributed by atoms with Gasteiger partial charge in [0.15, 0.2) is 5.16 Å². The number of nitrogens with one attached hydrogen (secondary N) is 1. The maximum absolute atomic E-state index is 12.2. The largest absolute Gasteiger partial charge is 0.381 e. The number of benzene rings is 2. The fourth-order valence-electron chi connectivity index (χ4n) is 3.12. The first kappa shape index (κ1) is 17.9. The average Bonchev–Trinajstić information content (AvgIpc) is 3.24. The van der Waals surface area contributed by atoms with Gasteiger partial charge in [-0.15, -0.1) is 0 Å². The van der Waals surface area contributed by atoms with Crippen molar-refractivity contribution >= 4 is 28.6 Å². The van der Waals surface area contributed by atoms with E-state index in [2.05, 4.69) is 10.3 Å². The molecule has 0 bridgehead atoms. The van der Waals surface area contributed by atoms with Crippen LogP contribution < -0.4 is 5.32 Å². The average molecular weight is 379 g/mol. The number of thioether (sulfide) groups is 1. The Kier molecular flexibility index (Phi) is 5.65. The fraction of sp³-hybridized carbons (Fsp3) is 0.286. The van der Waals surface area contributed by atoms with Crippen molar-refractivity contribution in [2.24, 2.45) is 5.92 Å². The Labute approximate surface area is 162 Å². The van der Waals surface area contributed by atoms with Crippen LogP contribution in [0.3, 0.4) is 0 Å². The van der Waals surface area contributed by atoms with E-state index in [1.807, 2.05) is 54.6 Å². The van der Waals surface area contributed by atoms with Crippen LogP contribution in [0.4, 0.5) is 0 Å². The summed E-state index contributed by atoms with van der Waals surface area (Å²) in [6, 6.07) is 18.0. The quantitative estimate of drug-likeness (QED) is 0.524. The number of hydrogen-bond acceptors (Lipinski definition) is 5. The molecule has 138 valence electrons. The number of fused-ring (bicyclic) bond motifs is 1. The van der Waals surface area contributed by atoms with E-state index in [1.165, 1.54) is 11.8 Å². The van der Waals surface area contributed by atoms with Crippen LogP contribution in [0.5, 0.6) is 0 Å². The van der Waals surface area contributed by atoms with Gasteiger partial charge in [0.25, 0.3) is 0 Å². The van der Waals surface area contributed by atoms with Gasteiger partial charge in [0, 0.05) is 30.0 Å². The first-order chi connectivity index (χ1) is 13.3. The number of carbonyl (C=O) groups is 1. The molecule has 0 saturated carbocycles. The van der Waals surface area contributed by atoms with E-state index >= 15 is 0 Å². The Balaban J connectivity index is 1.49. The van der Waals surface area contributed by atoms with Gasteiger partial charge in [0.2, 0.25) is 5.91 Å². The van der Waals surface area contributed by atoms with E-state index in [9.17, 15) is 4.79 Å². The second kappa shape index (κ2) is 8.50. The van der Waals surface area contributed by atoms with Gasteiger partial charge in [-0.3, -0.25) is 4.79 Å². The third kappa shape index (κ3) is 4.46. The molecule has 1 fully saturated rings. The minimum Gasteiger partial charge on any atom is -0.381 e. The van der Waals surface area contributed by atoms with Crippen molar-refractivity contribution in [1.82, 2.24) is 15.3 Å². The van der Waals surface area contributed by atoms with Crippen LogP contribution in [-0.4, -0.2) is 41.4 Å². The van der Waals surface area contributed by atoms with Crippen molar-refractivity contribution in [3.63, 3.8) is 0 Å². The first-order valence-corrected chi connectivity index (χ1v) is 10.1. The van der Waals surface area contributed by atoms with Gasteiger partial charge in [-0.1, -0.05) is 60.3 Å². The molecular formula is C21H21N3O2S. The number of nitrogens with zero attached hydrogens (tertiary/aromatic N) is 2. The molecule has 1 aromatic heterocycles. The van der Waals surface area contributed by atoms with E-state index in [0.29, 0.717) is 23.4 Å². The van der Waals surface area contributed by atoms with Crippen molar-refractivity contribution < 1.29 is 9.53 Å². The summed E-state index contributed by atoms with van der Waals surface area (Å²) in [6.45, 7) is 2.21. The molecule has 0 spiro atoms. The highest BCUT2D eigenvalue weighted by Gasteiger charge is 2.17. The molecule has 1 aliphatic rings. The minimum absolute atomic E-state index is 0.00456. The van der Waals surface area contributed by atoms with Crippen molar-refractivity contribution in [2.75, 3.05) is 25.5 Å². The summed E-state index contributed by atoms with van der Waals surface area (Å²) < 4.78 is 5.34. The number of ether oxygens (including phenoxy) is 1. The summed E-state index contributed by atoms with van der Waals surface area (Å²) in [5, 5.41) is 4.61. The zero-order valence-corrected chi connectivity index (χ0v) is 15.7. The highest BCUT2D eigenvalue weighted by atomic mass is 32.2. The number of aromatic nitrogens is 2. The lowest BCUT2D eigenvalue weighted by Crippen LogP contribution is -2.30. The number of rotatable bonds is 6. The summed E-state index contributed by atoms with van der Waals surface area (Å²) >= 11 is 1.37. The van der Waals surface area contributed by atoms with Gasteiger partial charge < -0.3 is 10.1 Å². The summed E-state index contributed by atoms with van der Waals surface area (Å²) in [6.07, 6.45) is 1.02. The Hall–Kier alpha value is -2.44. The van der Waals surface area contributed by atoms with Gasteiger partial charge in [0.1, 0.15) is 0 Å². The molecule has 4 rings (SSSR count). The predicted molar refractivity (Wildman–Crippen MR) is 108 cm³/mol. The van der Waals surface area contributed by atoms with Crippen LogP contribution in [0.1, 0.15) is 6.42 Å². The van der Waals surface area contributed by atoms with Crippen LogP contribution in [0, 0.1) is 5.92 Å². The van der Waals surface area contributed by atoms with Crippen molar-refractivity contribution in [1.29, 1.82) is 0 Å². The van der Waals surface area contributed by atoms with E-state index in [4.69, 9.17) is 9.72 Å². The van der Waals surface area contributed by atoms with E-state index in [1.54, 1.807) is 0 Å². The Morgan fingerprint density at radius 3 is 2.74 bits per heavy atom. The van der Waals surface area contributed by atoms with E-state index in [-0.39, 0.29) is 5.91 Å². The van der Waals surface area contributed by atoms with Crippen LogP contribution in [0.2, 0.25) is 0 Å². The predicted octanol–water partition coefficient (Wildman–Crippen LogP) is 3.54. The molecule has 1 atom stereocenters. The van der Waals surface area contributed by atoms with E-state index in [0.717, 1.165) is 41.8 Å². The number of para-hydroxylation sites is 1. The van der Waals surface area contributed by atoms with Gasteiger partial charge >= 0.3 is 0 Å². The minimum atomic E-state index is 0.00456. The Morgan fingerprint density at radius 1 is 1.11 bits per heavy atom. The molecule has 1 amide bonds.